The lowest BCUT2D eigenvalue weighted by atomic mass is 10.2. The fourth-order valence-electron chi connectivity index (χ4n) is 2.55. The molecule has 1 aromatic carbocycles. The molecule has 2 unspecified atom stereocenters. The molecule has 12 heteroatoms. The van der Waals surface area contributed by atoms with Gasteiger partial charge < -0.3 is 19.9 Å². The molecule has 0 bridgehead atoms. The van der Waals surface area contributed by atoms with E-state index in [1.165, 1.54) is 4.90 Å². The van der Waals surface area contributed by atoms with Gasteiger partial charge in [0.05, 0.1) is 18.8 Å². The van der Waals surface area contributed by atoms with Gasteiger partial charge in [-0.15, -0.1) is 0 Å². The standard InChI is InChI=1S/C7H6O2.C6H11N3O5.C4H9NO/c8-7(9)6-4-2-1-3-5-6;1-2-7-5(8(10)11)3-14-4-6(7)9(12)13;1-3-6-4-2-5-1/h1-5H,(H,8,9);5-6H,2-4H2,1H3;5H,1-4H2. The van der Waals surface area contributed by atoms with Crippen LogP contribution in [-0.2, 0) is 9.47 Å². The van der Waals surface area contributed by atoms with Crippen LogP contribution in [0.2, 0.25) is 0 Å². The third-order valence-electron chi connectivity index (χ3n) is 4.02. The maximum Gasteiger partial charge on any atom is 0.335 e. The highest BCUT2D eigenvalue weighted by molar-refractivity contribution is 5.87. The van der Waals surface area contributed by atoms with Crippen molar-refractivity contribution in [3.63, 3.8) is 0 Å². The van der Waals surface area contributed by atoms with E-state index in [2.05, 4.69) is 5.32 Å². The zero-order valence-electron chi connectivity index (χ0n) is 16.1. The highest BCUT2D eigenvalue weighted by Crippen LogP contribution is 2.13. The van der Waals surface area contributed by atoms with Crippen LogP contribution in [0.5, 0.6) is 0 Å². The van der Waals surface area contributed by atoms with Crippen molar-refractivity contribution < 1.29 is 29.2 Å². The Balaban J connectivity index is 0.000000238. The molecule has 2 fully saturated rings. The summed E-state index contributed by atoms with van der Waals surface area (Å²) in [5, 5.41) is 32.7. The van der Waals surface area contributed by atoms with Gasteiger partial charge in [-0.1, -0.05) is 25.1 Å². The summed E-state index contributed by atoms with van der Waals surface area (Å²) >= 11 is 0. The largest absolute Gasteiger partial charge is 0.478 e. The van der Waals surface area contributed by atoms with Crippen molar-refractivity contribution in [3.8, 4) is 0 Å². The number of nitrogens with one attached hydrogen (secondary N) is 1. The van der Waals surface area contributed by atoms with Gasteiger partial charge in [0.25, 0.3) is 12.3 Å². The second-order valence-corrected chi connectivity index (χ2v) is 5.93. The lowest BCUT2D eigenvalue weighted by Gasteiger charge is -2.30. The molecule has 2 saturated heterocycles. The maximum atomic E-state index is 10.6. The van der Waals surface area contributed by atoms with E-state index in [0.717, 1.165) is 26.3 Å². The van der Waals surface area contributed by atoms with Crippen molar-refractivity contribution in [1.29, 1.82) is 0 Å². The number of aromatic carboxylic acids is 1. The van der Waals surface area contributed by atoms with E-state index in [9.17, 15) is 25.0 Å². The highest BCUT2D eigenvalue weighted by Gasteiger charge is 2.43. The number of morpholine rings is 2. The lowest BCUT2D eigenvalue weighted by molar-refractivity contribution is -0.623. The first-order chi connectivity index (χ1) is 13.9. The maximum absolute atomic E-state index is 10.6. The topological polar surface area (TPSA) is 157 Å². The van der Waals surface area contributed by atoms with Gasteiger partial charge in [0, 0.05) is 29.5 Å². The van der Waals surface area contributed by atoms with Crippen molar-refractivity contribution in [2.45, 2.75) is 19.3 Å². The van der Waals surface area contributed by atoms with Crippen molar-refractivity contribution in [3.05, 3.63) is 56.1 Å². The summed E-state index contributed by atoms with van der Waals surface area (Å²) < 4.78 is 9.83. The average molecular weight is 414 g/mol. The van der Waals surface area contributed by atoms with Crippen LogP contribution in [-0.4, -0.2) is 84.2 Å². The Hall–Kier alpha value is -2.67. The fraction of sp³-hybridized carbons (Fsp3) is 0.588. The number of ether oxygens (including phenoxy) is 2. The molecule has 0 aliphatic carbocycles. The van der Waals surface area contributed by atoms with Gasteiger partial charge >= 0.3 is 5.97 Å². The number of nitro groups is 2. The van der Waals surface area contributed by atoms with E-state index < -0.39 is 28.1 Å². The van der Waals surface area contributed by atoms with Crippen LogP contribution < -0.4 is 5.32 Å². The Morgan fingerprint density at radius 1 is 1.10 bits per heavy atom. The molecule has 12 nitrogen and oxygen atoms in total. The van der Waals surface area contributed by atoms with Gasteiger partial charge in [0.15, 0.2) is 0 Å². The molecule has 162 valence electrons. The number of nitrogens with zero attached hydrogens (tertiary/aromatic N) is 3. The van der Waals surface area contributed by atoms with Gasteiger partial charge in [0.1, 0.15) is 13.2 Å². The van der Waals surface area contributed by atoms with E-state index in [0.29, 0.717) is 5.56 Å². The third-order valence-corrected chi connectivity index (χ3v) is 4.02. The number of hydrogen-bond donors (Lipinski definition) is 2. The Morgan fingerprint density at radius 3 is 1.90 bits per heavy atom. The number of hydrogen-bond acceptors (Lipinski definition) is 9. The monoisotopic (exact) mass is 414 g/mol. The molecule has 0 amide bonds. The van der Waals surface area contributed by atoms with Crippen LogP contribution in [0.3, 0.4) is 0 Å². The van der Waals surface area contributed by atoms with Crippen molar-refractivity contribution >= 4 is 5.97 Å². The first-order valence-corrected chi connectivity index (χ1v) is 9.05. The molecule has 0 spiro atoms. The smallest absolute Gasteiger partial charge is 0.335 e. The van der Waals surface area contributed by atoms with Gasteiger partial charge in [0.2, 0.25) is 0 Å². The summed E-state index contributed by atoms with van der Waals surface area (Å²) in [5.41, 5.74) is 0.331. The lowest BCUT2D eigenvalue weighted by Crippen LogP contribution is -2.58. The molecular weight excluding hydrogens is 388 g/mol. The number of carboxylic acid groups (broad SMARTS) is 1. The summed E-state index contributed by atoms with van der Waals surface area (Å²) in [7, 11) is 0. The van der Waals surface area contributed by atoms with Crippen LogP contribution in [0.1, 0.15) is 17.3 Å². The molecule has 2 aliphatic heterocycles. The molecular formula is C17H26N4O8. The van der Waals surface area contributed by atoms with E-state index in [1.54, 1.807) is 37.3 Å². The minimum atomic E-state index is -1.11. The molecule has 0 aromatic heterocycles. The van der Waals surface area contributed by atoms with Crippen molar-refractivity contribution in [2.75, 3.05) is 46.1 Å². The first kappa shape index (κ1) is 24.4. The molecule has 0 saturated carbocycles. The summed E-state index contributed by atoms with van der Waals surface area (Å²) in [6, 6.07) is 8.30. The summed E-state index contributed by atoms with van der Waals surface area (Å²) in [5.74, 6) is -0.879. The molecule has 2 atom stereocenters. The van der Waals surface area contributed by atoms with E-state index in [1.807, 2.05) is 0 Å². The molecule has 3 rings (SSSR count). The van der Waals surface area contributed by atoms with Gasteiger partial charge in [-0.2, -0.15) is 4.90 Å². The van der Waals surface area contributed by atoms with E-state index in [-0.39, 0.29) is 19.8 Å². The Morgan fingerprint density at radius 2 is 1.62 bits per heavy atom. The van der Waals surface area contributed by atoms with E-state index >= 15 is 0 Å². The van der Waals surface area contributed by atoms with Crippen LogP contribution in [0.4, 0.5) is 0 Å². The first-order valence-electron chi connectivity index (χ1n) is 9.05. The van der Waals surface area contributed by atoms with Crippen LogP contribution in [0, 0.1) is 20.2 Å². The van der Waals surface area contributed by atoms with Gasteiger partial charge in [-0.25, -0.2) is 4.79 Å². The highest BCUT2D eigenvalue weighted by atomic mass is 16.7. The zero-order valence-corrected chi connectivity index (χ0v) is 16.1. The quantitative estimate of drug-likeness (QED) is 0.526. The summed E-state index contributed by atoms with van der Waals surface area (Å²) in [6.07, 6.45) is -2.21. The van der Waals surface area contributed by atoms with Crippen LogP contribution in [0.25, 0.3) is 0 Å². The normalized spacial score (nSPS) is 21.6. The minimum absolute atomic E-state index is 0.0921. The SMILES string of the molecule is C1COCCN1.CCN1C([N+](=O)[O-])COCC1[N+](=O)[O-].O=C(O)c1ccccc1. The minimum Gasteiger partial charge on any atom is -0.478 e. The van der Waals surface area contributed by atoms with Gasteiger partial charge in [-0.05, 0) is 12.1 Å². The average Bonchev–Trinajstić information content (AvgIpc) is 2.75. The van der Waals surface area contributed by atoms with Gasteiger partial charge in [-0.3, -0.25) is 20.2 Å². The van der Waals surface area contributed by atoms with Crippen LogP contribution >= 0.6 is 0 Å². The predicted octanol–water partition coefficient (Wildman–Crippen LogP) is 0.535. The predicted molar refractivity (Wildman–Crippen MR) is 102 cm³/mol. The van der Waals surface area contributed by atoms with Crippen LogP contribution in [0.15, 0.2) is 30.3 Å². The molecule has 1 aromatic rings. The van der Waals surface area contributed by atoms with Crippen molar-refractivity contribution in [2.24, 2.45) is 0 Å². The fourth-order valence-corrected chi connectivity index (χ4v) is 2.55. The Bertz CT molecular complexity index is 608. The number of carboxylic acids is 1. The number of likely N-dealkylation sites (N-methyl/N-ethyl adjacent to an activating group) is 1. The van der Waals surface area contributed by atoms with Crippen molar-refractivity contribution in [1.82, 2.24) is 10.2 Å². The summed E-state index contributed by atoms with van der Waals surface area (Å²) in [4.78, 5) is 31.4. The Kier molecular flexibility index (Phi) is 11.3. The third kappa shape index (κ3) is 8.91. The molecule has 0 radical (unpaired) electrons. The molecule has 2 aliphatic rings. The summed E-state index contributed by atoms with van der Waals surface area (Å²) in [6.45, 7) is 5.56. The van der Waals surface area contributed by atoms with E-state index in [4.69, 9.17) is 14.6 Å². The Labute approximate surface area is 167 Å². The molecule has 2 heterocycles. The zero-order chi connectivity index (χ0) is 21.6. The number of benzene rings is 1. The molecule has 29 heavy (non-hydrogen) atoms. The number of rotatable bonds is 4. The number of carbonyl (C=O) groups is 1. The second-order valence-electron chi connectivity index (χ2n) is 5.93. The molecule has 2 N–H and O–H groups in total. The second kappa shape index (κ2) is 13.5.